The van der Waals surface area contributed by atoms with E-state index in [2.05, 4.69) is 140 Å². The molecule has 0 radical (unpaired) electrons. The van der Waals surface area contributed by atoms with Gasteiger partial charge in [-0.2, -0.15) is 5.10 Å². The van der Waals surface area contributed by atoms with Crippen molar-refractivity contribution in [3.63, 3.8) is 0 Å². The second-order valence-electron chi connectivity index (χ2n) is 18.3. The van der Waals surface area contributed by atoms with E-state index in [0.29, 0.717) is 0 Å². The van der Waals surface area contributed by atoms with Crippen LogP contribution in [-0.4, -0.2) is 42.2 Å². The number of hydrogen-bond acceptors (Lipinski definition) is 4. The van der Waals surface area contributed by atoms with Gasteiger partial charge in [-0.25, -0.2) is 14.5 Å². The quantitative estimate of drug-likeness (QED) is 0.152. The first kappa shape index (κ1) is 56.5. The molecule has 350 valence electrons. The van der Waals surface area contributed by atoms with Crippen molar-refractivity contribution in [3.05, 3.63) is 190 Å². The number of nitrogens with zero attached hydrogens (tertiary/aromatic N) is 9. The van der Waals surface area contributed by atoms with Gasteiger partial charge in [-0.3, -0.25) is 4.98 Å². The molecule has 10 rings (SSSR count). The van der Waals surface area contributed by atoms with E-state index < -0.39 is 0 Å². The van der Waals surface area contributed by atoms with Crippen molar-refractivity contribution in [2.75, 3.05) is 0 Å². The van der Waals surface area contributed by atoms with Crippen molar-refractivity contribution in [3.8, 4) is 0 Å². The molecule has 0 aliphatic rings. The smallest absolute Gasteiger partial charge is 0.136 e. The van der Waals surface area contributed by atoms with Crippen LogP contribution in [0.2, 0.25) is 0 Å². The van der Waals surface area contributed by atoms with Crippen LogP contribution in [0.4, 0.5) is 0 Å². The first-order chi connectivity index (χ1) is 31.0. The predicted octanol–water partition coefficient (Wildman–Crippen LogP) is 15.6. The summed E-state index contributed by atoms with van der Waals surface area (Å²) in [5, 5.41) is 4.06. The van der Waals surface area contributed by atoms with Crippen LogP contribution in [0, 0.1) is 29.6 Å². The van der Waals surface area contributed by atoms with E-state index in [1.807, 2.05) is 164 Å². The molecule has 9 nitrogen and oxygen atoms in total. The van der Waals surface area contributed by atoms with Gasteiger partial charge in [-0.1, -0.05) is 110 Å². The van der Waals surface area contributed by atoms with Crippen LogP contribution in [-0.2, 0) is 0 Å². The lowest BCUT2D eigenvalue weighted by Gasteiger charge is -1.88. The second-order valence-corrected chi connectivity index (χ2v) is 18.3. The fraction of sp³-hybridized carbons (Fsp3) is 0.357. The van der Waals surface area contributed by atoms with Crippen molar-refractivity contribution >= 4 is 27.7 Å². The first-order valence-corrected chi connectivity index (χ1v) is 23.0. The van der Waals surface area contributed by atoms with Gasteiger partial charge >= 0.3 is 0 Å². The number of aromatic nitrogens is 9. The molecule has 10 aromatic rings. The molecule has 0 spiro atoms. The van der Waals surface area contributed by atoms with Gasteiger partial charge in [-0.15, -0.1) is 0 Å². The van der Waals surface area contributed by atoms with Crippen LogP contribution in [0.25, 0.3) is 27.7 Å². The highest BCUT2D eigenvalue weighted by Gasteiger charge is 1.88. The first-order valence-electron chi connectivity index (χ1n) is 23.0. The summed E-state index contributed by atoms with van der Waals surface area (Å²) in [5.74, 6) is 4.17. The third kappa shape index (κ3) is 28.8. The van der Waals surface area contributed by atoms with E-state index in [0.717, 1.165) is 46.3 Å². The largest absolute Gasteiger partial charge is 0.324 e. The van der Waals surface area contributed by atoms with Crippen molar-refractivity contribution in [2.24, 2.45) is 29.6 Å². The summed E-state index contributed by atoms with van der Waals surface area (Å²) < 4.78 is 9.88. The van der Waals surface area contributed by atoms with Gasteiger partial charge in [0, 0.05) is 85.4 Å². The Balaban J connectivity index is 0.000000370. The molecular weight excluding hydrogens is 799 g/mol. The topological polar surface area (TPSA) is 73.6 Å². The van der Waals surface area contributed by atoms with E-state index >= 15 is 0 Å². The molecule has 0 saturated heterocycles. The molecule has 0 amide bonds. The van der Waals surface area contributed by atoms with Crippen LogP contribution in [0.5, 0.6) is 0 Å². The summed E-state index contributed by atoms with van der Waals surface area (Å²) in [6, 6.07) is 34.1. The van der Waals surface area contributed by atoms with E-state index in [1.54, 1.807) is 31.1 Å². The molecule has 9 heteroatoms. The molecule has 0 aliphatic heterocycles. The number of rotatable bonds is 0. The summed E-state index contributed by atoms with van der Waals surface area (Å²) in [5.41, 5.74) is 5.70. The zero-order chi connectivity index (χ0) is 48.4. The molecule has 0 aliphatic carbocycles. The summed E-state index contributed by atoms with van der Waals surface area (Å²) in [6.07, 6.45) is 26.6. The van der Waals surface area contributed by atoms with Gasteiger partial charge in [-0.05, 0) is 127 Å². The number of pyridine rings is 1. The zero-order valence-corrected chi connectivity index (χ0v) is 42.3. The van der Waals surface area contributed by atoms with E-state index in [-0.39, 0.29) is 0 Å². The Bertz CT molecular complexity index is 2000. The minimum Gasteiger partial charge on any atom is -0.324 e. The Hall–Kier alpha value is -6.48. The Morgan fingerprint density at radius 3 is 1.32 bits per heavy atom. The molecule has 0 N–H and O–H groups in total. The SMILES string of the molecule is CC(C)C.CC(C)C.CC(C)C.CC(C)C.CC(C)C.c1cc2ccncn2c1.c1cc2cnccn2c1.c1ccn2cccc2c1.c1cnc2cccn2c1.c1cnn2cccc2c1. The fourth-order valence-corrected chi connectivity index (χ4v) is 4.49. The van der Waals surface area contributed by atoms with Crippen molar-refractivity contribution in [2.45, 2.75) is 104 Å². The van der Waals surface area contributed by atoms with E-state index in [1.165, 1.54) is 11.0 Å². The second kappa shape index (κ2) is 34.0. The van der Waals surface area contributed by atoms with Gasteiger partial charge in [0.1, 0.15) is 5.65 Å². The third-order valence-corrected chi connectivity index (χ3v) is 6.70. The van der Waals surface area contributed by atoms with Gasteiger partial charge in [0.05, 0.1) is 23.6 Å². The Labute approximate surface area is 391 Å². The maximum atomic E-state index is 4.10. The molecule has 0 bridgehead atoms. The van der Waals surface area contributed by atoms with Crippen LogP contribution in [0.15, 0.2) is 190 Å². The Morgan fingerprint density at radius 1 is 0.323 bits per heavy atom. The van der Waals surface area contributed by atoms with Crippen LogP contribution < -0.4 is 0 Å². The van der Waals surface area contributed by atoms with Gasteiger partial charge in [0.25, 0.3) is 0 Å². The maximum absolute atomic E-state index is 4.10. The summed E-state index contributed by atoms with van der Waals surface area (Å²) in [4.78, 5) is 12.0. The minimum atomic E-state index is 0.833. The van der Waals surface area contributed by atoms with E-state index in [4.69, 9.17) is 0 Å². The summed E-state index contributed by atoms with van der Waals surface area (Å²) >= 11 is 0. The zero-order valence-electron chi connectivity index (χ0n) is 42.3. The van der Waals surface area contributed by atoms with Gasteiger partial charge in [0.15, 0.2) is 0 Å². The number of hydrogen-bond donors (Lipinski definition) is 0. The van der Waals surface area contributed by atoms with Crippen molar-refractivity contribution in [1.82, 2.24) is 42.2 Å². The Kier molecular flexibility index (Phi) is 29.6. The molecule has 65 heavy (non-hydrogen) atoms. The molecule has 0 atom stereocenters. The van der Waals surface area contributed by atoms with E-state index in [9.17, 15) is 0 Å². The lowest BCUT2D eigenvalue weighted by Crippen LogP contribution is -1.84. The van der Waals surface area contributed by atoms with Crippen LogP contribution in [0.3, 0.4) is 0 Å². The monoisotopic (exact) mass is 880 g/mol. The van der Waals surface area contributed by atoms with Crippen LogP contribution in [0.1, 0.15) is 104 Å². The van der Waals surface area contributed by atoms with Crippen LogP contribution >= 0.6 is 0 Å². The minimum absolute atomic E-state index is 0.833. The molecule has 10 heterocycles. The van der Waals surface area contributed by atoms with Crippen molar-refractivity contribution in [1.29, 1.82) is 0 Å². The van der Waals surface area contributed by atoms with Gasteiger partial charge in [0.2, 0.25) is 0 Å². The molecule has 0 fully saturated rings. The molecule has 10 aromatic heterocycles. The highest BCUT2D eigenvalue weighted by molar-refractivity contribution is 5.47. The average molecular weight is 880 g/mol. The highest BCUT2D eigenvalue weighted by Crippen LogP contribution is 2.03. The lowest BCUT2D eigenvalue weighted by molar-refractivity contribution is 0.736. The van der Waals surface area contributed by atoms with Gasteiger partial charge < -0.3 is 17.6 Å². The average Bonchev–Trinajstić information content (AvgIpc) is 4.11. The fourth-order valence-electron chi connectivity index (χ4n) is 4.49. The maximum Gasteiger partial charge on any atom is 0.136 e. The Morgan fingerprint density at radius 2 is 0.769 bits per heavy atom. The third-order valence-electron chi connectivity index (χ3n) is 6.70. The lowest BCUT2D eigenvalue weighted by atomic mass is 10.3. The standard InChI is InChI=1S/C8H7N.4C7H6N2.5C4H10/c1-2-6-9-7-3-5-8(9)4-1;1-3-7-8-4-2-6-9(7)5-1;1-3-7-4-2-6-9(7)8-5-1;1-2-7-3-4-8-6-9(7)5-1;1-2-7-6-8-3-5-9(7)4-1;5*1-4(2)3/h1-7H;4*1-6H;5*4H,1-3H3. The summed E-state index contributed by atoms with van der Waals surface area (Å²) in [6.45, 7) is 32.5. The summed E-state index contributed by atoms with van der Waals surface area (Å²) in [7, 11) is 0. The predicted molar refractivity (Wildman–Crippen MR) is 281 cm³/mol. The molecule has 0 unspecified atom stereocenters. The highest BCUT2D eigenvalue weighted by atomic mass is 15.2. The normalized spacial score (nSPS) is 9.85. The molecule has 0 saturated carbocycles. The van der Waals surface area contributed by atoms with Crippen molar-refractivity contribution < 1.29 is 0 Å². The molecular formula is C56H81N9. The number of fused-ring (bicyclic) bond motifs is 5. The molecule has 0 aromatic carbocycles.